The normalized spacial score (nSPS) is 17.7. The van der Waals surface area contributed by atoms with E-state index >= 15 is 0 Å². The number of methoxy groups -OCH3 is 1. The van der Waals surface area contributed by atoms with Gasteiger partial charge >= 0.3 is 0 Å². The number of aliphatic hydroxyl groups is 1. The molecule has 0 aliphatic heterocycles. The Morgan fingerprint density at radius 1 is 1.22 bits per heavy atom. The third kappa shape index (κ3) is 5.96. The molecule has 136 valence electrons. The molecule has 0 amide bonds. The minimum atomic E-state index is -0.0907. The molecule has 0 atom stereocenters. The van der Waals surface area contributed by atoms with Gasteiger partial charge in [-0.15, -0.1) is 0 Å². The van der Waals surface area contributed by atoms with Gasteiger partial charge in [-0.05, 0) is 44.4 Å². The lowest BCUT2D eigenvalue weighted by atomic mass is 9.67. The minimum Gasteiger partial charge on any atom is -0.396 e. The maximum atomic E-state index is 9.70. The minimum absolute atomic E-state index is 0.0907. The Balaban J connectivity index is 2.61. The molecule has 3 N–H and O–H groups in total. The van der Waals surface area contributed by atoms with Crippen LogP contribution in [0, 0.1) is 10.8 Å². The number of ether oxygens (including phenoxy) is 1. The first-order valence-corrected chi connectivity index (χ1v) is 9.21. The van der Waals surface area contributed by atoms with Crippen molar-refractivity contribution in [1.29, 1.82) is 0 Å². The van der Waals surface area contributed by atoms with Gasteiger partial charge in [-0.3, -0.25) is 4.99 Å². The van der Waals surface area contributed by atoms with Gasteiger partial charge in [0.15, 0.2) is 5.96 Å². The van der Waals surface area contributed by atoms with Gasteiger partial charge in [0.1, 0.15) is 0 Å². The SMILES string of the molecule is CCNC(=NCC(CC)(CC)CO)NCC1(CCOC)CCC1. The molecule has 5 nitrogen and oxygen atoms in total. The summed E-state index contributed by atoms with van der Waals surface area (Å²) in [5.74, 6) is 0.871. The van der Waals surface area contributed by atoms with Crippen LogP contribution in [-0.4, -0.2) is 51.0 Å². The second kappa shape index (κ2) is 10.1. The van der Waals surface area contributed by atoms with E-state index in [0.717, 1.165) is 44.9 Å². The van der Waals surface area contributed by atoms with E-state index < -0.39 is 0 Å². The Hall–Kier alpha value is -0.810. The zero-order chi connectivity index (χ0) is 17.2. The summed E-state index contributed by atoms with van der Waals surface area (Å²) in [7, 11) is 1.77. The highest BCUT2D eigenvalue weighted by Gasteiger charge is 2.36. The number of rotatable bonds is 11. The number of hydrogen-bond donors (Lipinski definition) is 3. The quantitative estimate of drug-likeness (QED) is 0.403. The van der Waals surface area contributed by atoms with E-state index in [4.69, 9.17) is 9.73 Å². The molecule has 0 spiro atoms. The summed E-state index contributed by atoms with van der Waals surface area (Å²) in [6, 6.07) is 0. The van der Waals surface area contributed by atoms with Crippen LogP contribution < -0.4 is 10.6 Å². The van der Waals surface area contributed by atoms with E-state index in [1.54, 1.807) is 7.11 Å². The molecular formula is C18H37N3O2. The predicted molar refractivity (Wildman–Crippen MR) is 96.9 cm³/mol. The van der Waals surface area contributed by atoms with Crippen molar-refractivity contribution in [3.8, 4) is 0 Å². The Morgan fingerprint density at radius 3 is 2.35 bits per heavy atom. The van der Waals surface area contributed by atoms with Crippen LogP contribution in [0.1, 0.15) is 59.3 Å². The molecule has 23 heavy (non-hydrogen) atoms. The van der Waals surface area contributed by atoms with Crippen LogP contribution in [0.5, 0.6) is 0 Å². The standard InChI is InChI=1S/C18H37N3O2/c1-5-17(6-2,15-22)13-20-16(19-7-3)21-14-18(9-8-10-18)11-12-23-4/h22H,5-15H2,1-4H3,(H2,19,20,21). The number of nitrogens with zero attached hydrogens (tertiary/aromatic N) is 1. The number of nitrogens with one attached hydrogen (secondary N) is 2. The second-order valence-corrected chi connectivity index (χ2v) is 7.01. The number of aliphatic hydroxyl groups excluding tert-OH is 1. The smallest absolute Gasteiger partial charge is 0.191 e. The fourth-order valence-corrected chi connectivity index (χ4v) is 3.12. The van der Waals surface area contributed by atoms with Crippen LogP contribution in [-0.2, 0) is 4.74 Å². The van der Waals surface area contributed by atoms with Crippen molar-refractivity contribution in [3.05, 3.63) is 0 Å². The topological polar surface area (TPSA) is 65.9 Å². The van der Waals surface area contributed by atoms with E-state index in [2.05, 4.69) is 31.4 Å². The molecule has 0 aromatic carbocycles. The van der Waals surface area contributed by atoms with Crippen molar-refractivity contribution in [3.63, 3.8) is 0 Å². The number of hydrogen-bond acceptors (Lipinski definition) is 3. The fourth-order valence-electron chi connectivity index (χ4n) is 3.12. The lowest BCUT2D eigenvalue weighted by Crippen LogP contribution is -2.47. The van der Waals surface area contributed by atoms with Crippen molar-refractivity contribution >= 4 is 5.96 Å². The first kappa shape index (κ1) is 20.2. The highest BCUT2D eigenvalue weighted by molar-refractivity contribution is 5.79. The lowest BCUT2D eigenvalue weighted by molar-refractivity contribution is 0.0732. The van der Waals surface area contributed by atoms with E-state index in [9.17, 15) is 5.11 Å². The predicted octanol–water partition coefficient (Wildman–Crippen LogP) is 2.55. The number of guanidine groups is 1. The Kier molecular flexibility index (Phi) is 8.92. The molecule has 0 bridgehead atoms. The average molecular weight is 328 g/mol. The molecule has 1 aliphatic carbocycles. The van der Waals surface area contributed by atoms with Crippen molar-refractivity contribution in [1.82, 2.24) is 10.6 Å². The summed E-state index contributed by atoms with van der Waals surface area (Å²) in [6.45, 7) is 9.83. The molecule has 0 aromatic rings. The molecule has 1 aliphatic rings. The molecule has 0 aromatic heterocycles. The van der Waals surface area contributed by atoms with Gasteiger partial charge in [-0.25, -0.2) is 0 Å². The first-order chi connectivity index (χ1) is 11.1. The Morgan fingerprint density at radius 2 is 1.91 bits per heavy atom. The molecule has 5 heteroatoms. The second-order valence-electron chi connectivity index (χ2n) is 7.01. The average Bonchev–Trinajstić information content (AvgIpc) is 2.55. The van der Waals surface area contributed by atoms with Crippen LogP contribution in [0.4, 0.5) is 0 Å². The van der Waals surface area contributed by atoms with Crippen molar-refractivity contribution < 1.29 is 9.84 Å². The summed E-state index contributed by atoms with van der Waals surface area (Å²) >= 11 is 0. The third-order valence-corrected chi connectivity index (χ3v) is 5.63. The van der Waals surface area contributed by atoms with Gasteiger partial charge in [-0.1, -0.05) is 20.3 Å². The fraction of sp³-hybridized carbons (Fsp3) is 0.944. The Labute approximate surface area is 142 Å². The summed E-state index contributed by atoms with van der Waals surface area (Å²) in [5, 5.41) is 16.5. The van der Waals surface area contributed by atoms with Crippen LogP contribution in [0.25, 0.3) is 0 Å². The molecule has 1 rings (SSSR count). The summed E-state index contributed by atoms with van der Waals surface area (Å²) in [4.78, 5) is 4.74. The Bertz CT molecular complexity index is 342. The van der Waals surface area contributed by atoms with Gasteiger partial charge in [0.25, 0.3) is 0 Å². The molecular weight excluding hydrogens is 290 g/mol. The lowest BCUT2D eigenvalue weighted by Gasteiger charge is -2.42. The van der Waals surface area contributed by atoms with Crippen molar-refractivity contribution in [2.24, 2.45) is 15.8 Å². The molecule has 1 saturated carbocycles. The maximum absolute atomic E-state index is 9.70. The van der Waals surface area contributed by atoms with E-state index in [-0.39, 0.29) is 12.0 Å². The summed E-state index contributed by atoms with van der Waals surface area (Å²) in [5.41, 5.74) is 0.280. The zero-order valence-electron chi connectivity index (χ0n) is 15.6. The summed E-state index contributed by atoms with van der Waals surface area (Å²) in [6.07, 6.45) is 6.86. The van der Waals surface area contributed by atoms with E-state index in [0.29, 0.717) is 12.0 Å². The van der Waals surface area contributed by atoms with Gasteiger partial charge in [-0.2, -0.15) is 0 Å². The largest absolute Gasteiger partial charge is 0.396 e. The molecule has 0 heterocycles. The van der Waals surface area contributed by atoms with Gasteiger partial charge in [0.2, 0.25) is 0 Å². The monoisotopic (exact) mass is 327 g/mol. The maximum Gasteiger partial charge on any atom is 0.191 e. The number of aliphatic imine (C=N–C) groups is 1. The molecule has 1 fully saturated rings. The molecule has 0 unspecified atom stereocenters. The van der Waals surface area contributed by atoms with Gasteiger partial charge < -0.3 is 20.5 Å². The van der Waals surface area contributed by atoms with E-state index in [1.165, 1.54) is 19.3 Å². The van der Waals surface area contributed by atoms with Crippen LogP contribution in [0.2, 0.25) is 0 Å². The highest BCUT2D eigenvalue weighted by Crippen LogP contribution is 2.43. The van der Waals surface area contributed by atoms with Crippen LogP contribution in [0.3, 0.4) is 0 Å². The van der Waals surface area contributed by atoms with Crippen LogP contribution in [0.15, 0.2) is 4.99 Å². The van der Waals surface area contributed by atoms with Crippen LogP contribution >= 0.6 is 0 Å². The summed E-state index contributed by atoms with van der Waals surface area (Å²) < 4.78 is 5.26. The first-order valence-electron chi connectivity index (χ1n) is 9.21. The van der Waals surface area contributed by atoms with Gasteiger partial charge in [0, 0.05) is 32.2 Å². The zero-order valence-corrected chi connectivity index (χ0v) is 15.6. The van der Waals surface area contributed by atoms with Gasteiger partial charge in [0.05, 0.1) is 13.2 Å². The third-order valence-electron chi connectivity index (χ3n) is 5.63. The molecule has 0 saturated heterocycles. The van der Waals surface area contributed by atoms with E-state index in [1.807, 2.05) is 0 Å². The highest BCUT2D eigenvalue weighted by atomic mass is 16.5. The van der Waals surface area contributed by atoms with Crippen molar-refractivity contribution in [2.45, 2.75) is 59.3 Å². The van der Waals surface area contributed by atoms with Crippen molar-refractivity contribution in [2.75, 3.05) is 40.0 Å². The molecule has 0 radical (unpaired) electrons.